The molecule has 1 aromatic heterocycles. The summed E-state index contributed by atoms with van der Waals surface area (Å²) in [7, 11) is 0. The summed E-state index contributed by atoms with van der Waals surface area (Å²) in [4.78, 5) is 10.6. The van der Waals surface area contributed by atoms with Gasteiger partial charge in [0.25, 0.3) is 0 Å². The number of fused-ring (bicyclic) bond motifs is 1. The molecule has 1 N–H and O–H groups in total. The van der Waals surface area contributed by atoms with E-state index in [2.05, 4.69) is 44.5 Å². The van der Waals surface area contributed by atoms with E-state index in [9.17, 15) is 0 Å². The molecule has 0 aliphatic carbocycles. The molecule has 0 amide bonds. The second kappa shape index (κ2) is 6.09. The maximum absolute atomic E-state index is 5.80. The van der Waals surface area contributed by atoms with Crippen molar-refractivity contribution in [2.45, 2.75) is 12.8 Å². The van der Waals surface area contributed by atoms with Crippen molar-refractivity contribution in [1.82, 2.24) is 9.97 Å². The molecule has 20 heavy (non-hydrogen) atoms. The second-order valence-electron chi connectivity index (χ2n) is 4.87. The van der Waals surface area contributed by atoms with Crippen LogP contribution in [-0.4, -0.2) is 29.6 Å². The van der Waals surface area contributed by atoms with Gasteiger partial charge in [-0.25, -0.2) is 4.98 Å². The van der Waals surface area contributed by atoms with Crippen molar-refractivity contribution < 1.29 is 0 Å². The Morgan fingerprint density at radius 1 is 1.25 bits per heavy atom. The van der Waals surface area contributed by atoms with E-state index in [1.54, 1.807) is 6.20 Å². The average Bonchev–Trinajstić information content (AvgIpc) is 2.87. The van der Waals surface area contributed by atoms with Crippen LogP contribution in [0.1, 0.15) is 12.0 Å². The first kappa shape index (κ1) is 13.2. The third-order valence-corrected chi connectivity index (χ3v) is 3.68. The molecule has 3 rings (SSSR count). The summed E-state index contributed by atoms with van der Waals surface area (Å²) < 4.78 is 0. The van der Waals surface area contributed by atoms with Crippen molar-refractivity contribution >= 4 is 23.1 Å². The fourth-order valence-corrected chi connectivity index (χ4v) is 2.70. The maximum Gasteiger partial charge on any atom is 0.149 e. The number of rotatable bonds is 5. The molecule has 0 saturated carbocycles. The minimum atomic E-state index is 0.420. The molecule has 0 fully saturated rings. The summed E-state index contributed by atoms with van der Waals surface area (Å²) in [5.74, 6) is 0.735. The van der Waals surface area contributed by atoms with Crippen LogP contribution in [0.3, 0.4) is 0 Å². The zero-order valence-corrected chi connectivity index (χ0v) is 12.0. The van der Waals surface area contributed by atoms with Crippen LogP contribution in [0.4, 0.5) is 11.5 Å². The molecular formula is C15H17ClN4. The summed E-state index contributed by atoms with van der Waals surface area (Å²) >= 11 is 5.80. The van der Waals surface area contributed by atoms with Crippen molar-refractivity contribution in [3.8, 4) is 0 Å². The maximum atomic E-state index is 5.80. The van der Waals surface area contributed by atoms with Gasteiger partial charge in [0.2, 0.25) is 0 Å². The second-order valence-corrected chi connectivity index (χ2v) is 5.26. The zero-order chi connectivity index (χ0) is 13.8. The van der Waals surface area contributed by atoms with Crippen LogP contribution < -0.4 is 10.2 Å². The van der Waals surface area contributed by atoms with Gasteiger partial charge in [-0.2, -0.15) is 0 Å². The first-order valence-electron chi connectivity index (χ1n) is 6.87. The van der Waals surface area contributed by atoms with Gasteiger partial charge in [0.15, 0.2) is 0 Å². The van der Waals surface area contributed by atoms with E-state index in [4.69, 9.17) is 11.6 Å². The summed E-state index contributed by atoms with van der Waals surface area (Å²) in [6.07, 6.45) is 5.44. The topological polar surface area (TPSA) is 41.1 Å². The third kappa shape index (κ3) is 3.02. The number of hydrogen-bond acceptors (Lipinski definition) is 4. The van der Waals surface area contributed by atoms with Crippen LogP contribution >= 0.6 is 11.6 Å². The largest absolute Gasteiger partial charge is 0.371 e. The van der Waals surface area contributed by atoms with Crippen LogP contribution in [0.15, 0.2) is 36.7 Å². The predicted molar refractivity (Wildman–Crippen MR) is 82.5 cm³/mol. The zero-order valence-electron chi connectivity index (χ0n) is 11.2. The Morgan fingerprint density at radius 3 is 3.05 bits per heavy atom. The highest BCUT2D eigenvalue weighted by molar-refractivity contribution is 6.29. The lowest BCUT2D eigenvalue weighted by atomic mass is 10.2. The molecule has 0 bridgehead atoms. The third-order valence-electron chi connectivity index (χ3n) is 3.50. The molecule has 1 aliphatic rings. The molecule has 2 aromatic rings. The number of halogens is 1. The van der Waals surface area contributed by atoms with Gasteiger partial charge < -0.3 is 10.2 Å². The van der Waals surface area contributed by atoms with Gasteiger partial charge in [0.1, 0.15) is 11.0 Å². The van der Waals surface area contributed by atoms with Gasteiger partial charge in [-0.3, -0.25) is 4.98 Å². The molecule has 1 aliphatic heterocycles. The van der Waals surface area contributed by atoms with Crippen LogP contribution in [0, 0.1) is 0 Å². The van der Waals surface area contributed by atoms with Gasteiger partial charge in [0.05, 0.1) is 12.4 Å². The molecule has 5 heteroatoms. The van der Waals surface area contributed by atoms with Gasteiger partial charge >= 0.3 is 0 Å². The van der Waals surface area contributed by atoms with Crippen molar-refractivity contribution in [2.75, 3.05) is 29.9 Å². The van der Waals surface area contributed by atoms with Crippen LogP contribution in [-0.2, 0) is 6.42 Å². The Morgan fingerprint density at radius 2 is 2.15 bits per heavy atom. The summed E-state index contributed by atoms with van der Waals surface area (Å²) in [6, 6.07) is 8.64. The lowest BCUT2D eigenvalue weighted by Gasteiger charge is -2.19. The molecule has 0 saturated heterocycles. The predicted octanol–water partition coefficient (Wildman–Crippen LogP) is 2.99. The highest BCUT2D eigenvalue weighted by atomic mass is 35.5. The lowest BCUT2D eigenvalue weighted by Crippen LogP contribution is -2.23. The van der Waals surface area contributed by atoms with E-state index in [1.165, 1.54) is 17.4 Å². The van der Waals surface area contributed by atoms with Gasteiger partial charge in [-0.15, -0.1) is 0 Å². The molecule has 2 heterocycles. The van der Waals surface area contributed by atoms with Crippen LogP contribution in [0.25, 0.3) is 0 Å². The smallest absolute Gasteiger partial charge is 0.149 e. The number of hydrogen-bond donors (Lipinski definition) is 1. The molecule has 104 valence electrons. The Hall–Kier alpha value is -1.81. The van der Waals surface area contributed by atoms with Gasteiger partial charge in [0, 0.05) is 25.3 Å². The van der Waals surface area contributed by atoms with E-state index < -0.39 is 0 Å². The number of anilines is 2. The van der Waals surface area contributed by atoms with Crippen molar-refractivity contribution in [3.63, 3.8) is 0 Å². The number of nitrogens with zero attached hydrogens (tertiary/aromatic N) is 3. The molecule has 0 unspecified atom stereocenters. The van der Waals surface area contributed by atoms with Crippen molar-refractivity contribution in [1.29, 1.82) is 0 Å². The highest BCUT2D eigenvalue weighted by Gasteiger charge is 2.17. The normalized spacial score (nSPS) is 13.3. The minimum absolute atomic E-state index is 0.420. The number of benzene rings is 1. The number of para-hydroxylation sites is 1. The Balaban J connectivity index is 1.47. The SMILES string of the molecule is Clc1cncc(NCCCN2CCc3ccccc32)n1. The Bertz CT molecular complexity index is 588. The molecule has 1 aromatic carbocycles. The summed E-state index contributed by atoms with van der Waals surface area (Å²) in [6.45, 7) is 3.04. The highest BCUT2D eigenvalue weighted by Crippen LogP contribution is 2.27. The lowest BCUT2D eigenvalue weighted by molar-refractivity contribution is 0.772. The minimum Gasteiger partial charge on any atom is -0.371 e. The van der Waals surface area contributed by atoms with Crippen molar-refractivity contribution in [2.24, 2.45) is 0 Å². The molecular weight excluding hydrogens is 272 g/mol. The van der Waals surface area contributed by atoms with Crippen LogP contribution in [0.5, 0.6) is 0 Å². The molecule has 0 atom stereocenters. The quantitative estimate of drug-likeness (QED) is 0.859. The first-order valence-corrected chi connectivity index (χ1v) is 7.25. The summed E-state index contributed by atoms with van der Waals surface area (Å²) in [5.41, 5.74) is 2.84. The fraction of sp³-hybridized carbons (Fsp3) is 0.333. The molecule has 0 radical (unpaired) electrons. The monoisotopic (exact) mass is 288 g/mol. The summed E-state index contributed by atoms with van der Waals surface area (Å²) in [5, 5.41) is 3.67. The Labute approximate surface area is 123 Å². The van der Waals surface area contributed by atoms with Crippen molar-refractivity contribution in [3.05, 3.63) is 47.4 Å². The van der Waals surface area contributed by atoms with E-state index in [-0.39, 0.29) is 0 Å². The standard InChI is InChI=1S/C15H17ClN4/c16-14-10-17-11-15(19-14)18-7-3-8-20-9-6-12-4-1-2-5-13(12)20/h1-2,4-5,10-11H,3,6-9H2,(H,18,19). The Kier molecular flexibility index (Phi) is 4.02. The van der Waals surface area contributed by atoms with E-state index >= 15 is 0 Å². The molecule has 0 spiro atoms. The fourth-order valence-electron chi connectivity index (χ4n) is 2.55. The van der Waals surface area contributed by atoms with Crippen LogP contribution in [0.2, 0.25) is 5.15 Å². The number of aromatic nitrogens is 2. The van der Waals surface area contributed by atoms with Gasteiger partial charge in [-0.1, -0.05) is 29.8 Å². The van der Waals surface area contributed by atoms with E-state index in [0.29, 0.717) is 5.15 Å². The number of nitrogens with one attached hydrogen (secondary N) is 1. The first-order chi connectivity index (χ1) is 9.83. The molecule has 4 nitrogen and oxygen atoms in total. The van der Waals surface area contributed by atoms with Gasteiger partial charge in [-0.05, 0) is 24.5 Å². The van der Waals surface area contributed by atoms with E-state index in [0.717, 1.165) is 38.3 Å². The average molecular weight is 289 g/mol. The van der Waals surface area contributed by atoms with E-state index in [1.807, 2.05) is 0 Å².